The average molecular weight is 322 g/mol. The van der Waals surface area contributed by atoms with E-state index in [0.717, 1.165) is 29.2 Å². The van der Waals surface area contributed by atoms with Crippen molar-refractivity contribution >= 4 is 22.2 Å². The van der Waals surface area contributed by atoms with E-state index in [2.05, 4.69) is 15.4 Å². The van der Waals surface area contributed by atoms with Gasteiger partial charge in [0.05, 0.1) is 7.05 Å². The van der Waals surface area contributed by atoms with Crippen LogP contribution >= 0.6 is 11.3 Å². The number of likely N-dealkylation sites (N-methyl/N-ethyl adjacent to an activating group) is 1. The second kappa shape index (κ2) is 6.13. The number of nitrogens with zero attached hydrogens (tertiary/aromatic N) is 3. The van der Waals surface area contributed by atoms with Crippen molar-refractivity contribution in [1.29, 1.82) is 0 Å². The second-order valence-corrected chi connectivity index (χ2v) is 6.82. The van der Waals surface area contributed by atoms with Gasteiger partial charge in [0.1, 0.15) is 17.2 Å². The lowest BCUT2D eigenvalue weighted by Crippen LogP contribution is -3.09. The Morgan fingerprint density at radius 1 is 1.55 bits per heavy atom. The predicted molar refractivity (Wildman–Crippen MR) is 83.1 cm³/mol. The molecule has 0 bridgehead atoms. The third-order valence-corrected chi connectivity index (χ3v) is 4.58. The Bertz CT molecular complexity index is 749. The SMILES string of the molecule is CCc1nn2c(=O)cc(C[NH+](C)CC(=O)NC3CC3)nc2s1. The number of quaternary nitrogens is 1. The van der Waals surface area contributed by atoms with Gasteiger partial charge in [-0.15, -0.1) is 0 Å². The van der Waals surface area contributed by atoms with Crippen LogP contribution in [0.5, 0.6) is 0 Å². The maximum absolute atomic E-state index is 12.1. The van der Waals surface area contributed by atoms with Crippen LogP contribution in [0.1, 0.15) is 30.5 Å². The largest absolute Gasteiger partial charge is 0.348 e. The van der Waals surface area contributed by atoms with Crippen molar-refractivity contribution in [3.05, 3.63) is 27.1 Å². The minimum Gasteiger partial charge on any atom is -0.348 e. The molecule has 1 aliphatic carbocycles. The maximum Gasteiger partial charge on any atom is 0.275 e. The van der Waals surface area contributed by atoms with Crippen LogP contribution < -0.4 is 15.8 Å². The Balaban J connectivity index is 1.69. The maximum atomic E-state index is 12.1. The summed E-state index contributed by atoms with van der Waals surface area (Å²) in [6, 6.07) is 1.89. The van der Waals surface area contributed by atoms with Gasteiger partial charge < -0.3 is 10.2 Å². The van der Waals surface area contributed by atoms with E-state index < -0.39 is 0 Å². The number of fused-ring (bicyclic) bond motifs is 1. The molecule has 2 aromatic heterocycles. The Morgan fingerprint density at radius 3 is 3.00 bits per heavy atom. The average Bonchev–Trinajstić information content (AvgIpc) is 3.14. The molecule has 118 valence electrons. The Labute approximate surface area is 132 Å². The van der Waals surface area contributed by atoms with Crippen molar-refractivity contribution in [3.8, 4) is 0 Å². The van der Waals surface area contributed by atoms with Crippen molar-refractivity contribution in [2.45, 2.75) is 38.8 Å². The fraction of sp³-hybridized carbons (Fsp3) is 0.571. The summed E-state index contributed by atoms with van der Waals surface area (Å²) in [6.45, 7) is 2.93. The molecule has 1 saturated carbocycles. The first-order chi connectivity index (χ1) is 10.5. The topological polar surface area (TPSA) is 80.8 Å². The number of hydrogen-bond donors (Lipinski definition) is 2. The lowest BCUT2D eigenvalue weighted by Gasteiger charge is -2.13. The highest BCUT2D eigenvalue weighted by Crippen LogP contribution is 2.18. The molecule has 0 aliphatic heterocycles. The number of amides is 1. The molecular formula is C14H20N5O2S+. The van der Waals surface area contributed by atoms with Gasteiger partial charge in [-0.1, -0.05) is 18.3 Å². The fourth-order valence-corrected chi connectivity index (χ4v) is 3.14. The van der Waals surface area contributed by atoms with Crippen LogP contribution in [0, 0.1) is 0 Å². The Hall–Kier alpha value is -1.80. The first-order valence-corrected chi connectivity index (χ1v) is 8.36. The van der Waals surface area contributed by atoms with Gasteiger partial charge in [0.25, 0.3) is 11.5 Å². The van der Waals surface area contributed by atoms with Crippen LogP contribution in [0.4, 0.5) is 0 Å². The van der Waals surface area contributed by atoms with Crippen LogP contribution in [-0.4, -0.2) is 40.1 Å². The summed E-state index contributed by atoms with van der Waals surface area (Å²) in [6.07, 6.45) is 2.96. The number of aryl methyl sites for hydroxylation is 1. The van der Waals surface area contributed by atoms with Gasteiger partial charge in [0, 0.05) is 12.1 Å². The minimum absolute atomic E-state index is 0.0591. The molecule has 3 rings (SSSR count). The quantitative estimate of drug-likeness (QED) is 0.715. The second-order valence-electron chi connectivity index (χ2n) is 5.78. The van der Waals surface area contributed by atoms with Crippen molar-refractivity contribution in [2.75, 3.05) is 13.6 Å². The van der Waals surface area contributed by atoms with Crippen molar-refractivity contribution in [1.82, 2.24) is 19.9 Å². The minimum atomic E-state index is -0.161. The number of carbonyl (C=O) groups is 1. The molecule has 8 heteroatoms. The van der Waals surface area contributed by atoms with Crippen LogP contribution in [0.15, 0.2) is 10.9 Å². The van der Waals surface area contributed by atoms with E-state index in [1.165, 1.54) is 21.9 Å². The molecule has 1 atom stereocenters. The smallest absolute Gasteiger partial charge is 0.275 e. The lowest BCUT2D eigenvalue weighted by atomic mass is 10.3. The summed E-state index contributed by atoms with van der Waals surface area (Å²) in [7, 11) is 1.93. The first-order valence-electron chi connectivity index (χ1n) is 7.54. The highest BCUT2D eigenvalue weighted by molar-refractivity contribution is 7.16. The van der Waals surface area contributed by atoms with Crippen molar-refractivity contribution in [2.24, 2.45) is 0 Å². The van der Waals surface area contributed by atoms with E-state index in [4.69, 9.17) is 0 Å². The summed E-state index contributed by atoms with van der Waals surface area (Å²) in [5, 5.41) is 8.09. The van der Waals surface area contributed by atoms with E-state index in [-0.39, 0.29) is 11.5 Å². The van der Waals surface area contributed by atoms with E-state index >= 15 is 0 Å². The van der Waals surface area contributed by atoms with Gasteiger partial charge >= 0.3 is 0 Å². The zero-order valence-corrected chi connectivity index (χ0v) is 13.6. The molecule has 2 N–H and O–H groups in total. The van der Waals surface area contributed by atoms with Crippen LogP contribution in [-0.2, 0) is 17.8 Å². The van der Waals surface area contributed by atoms with Gasteiger partial charge in [0.2, 0.25) is 4.96 Å². The van der Waals surface area contributed by atoms with Crippen LogP contribution in [0.25, 0.3) is 4.96 Å². The summed E-state index contributed by atoms with van der Waals surface area (Å²) in [5.41, 5.74) is 0.541. The van der Waals surface area contributed by atoms with E-state index in [0.29, 0.717) is 29.8 Å². The molecule has 7 nitrogen and oxygen atoms in total. The first kappa shape index (κ1) is 15.1. The monoisotopic (exact) mass is 322 g/mol. The molecule has 2 aromatic rings. The lowest BCUT2D eigenvalue weighted by molar-refractivity contribution is -0.885. The molecule has 0 radical (unpaired) electrons. The van der Waals surface area contributed by atoms with Crippen LogP contribution in [0.3, 0.4) is 0 Å². The van der Waals surface area contributed by atoms with Crippen molar-refractivity contribution in [3.63, 3.8) is 0 Å². The van der Waals surface area contributed by atoms with Gasteiger partial charge in [-0.25, -0.2) is 4.98 Å². The molecule has 1 unspecified atom stereocenters. The normalized spacial score (nSPS) is 15.9. The standard InChI is InChI=1S/C14H19N5O2S/c1-3-12-17-19-13(21)6-10(16-14(19)22-12)7-18(2)8-11(20)15-9-4-5-9/h6,9H,3-5,7-8H2,1-2H3,(H,15,20)/p+1. The number of nitrogens with one attached hydrogen (secondary N) is 2. The number of aromatic nitrogens is 3. The molecular weight excluding hydrogens is 302 g/mol. The van der Waals surface area contributed by atoms with Gasteiger partial charge in [-0.2, -0.15) is 9.61 Å². The summed E-state index contributed by atoms with van der Waals surface area (Å²) in [5.74, 6) is 0.0591. The molecule has 1 fully saturated rings. The van der Waals surface area contributed by atoms with Gasteiger partial charge in [0.15, 0.2) is 6.54 Å². The molecule has 22 heavy (non-hydrogen) atoms. The zero-order valence-electron chi connectivity index (χ0n) is 12.8. The highest BCUT2D eigenvalue weighted by atomic mass is 32.1. The molecule has 2 heterocycles. The third-order valence-electron chi connectivity index (χ3n) is 3.53. The Kier molecular flexibility index (Phi) is 4.21. The Morgan fingerprint density at radius 2 is 2.32 bits per heavy atom. The van der Waals surface area contributed by atoms with Crippen LogP contribution in [0.2, 0.25) is 0 Å². The third kappa shape index (κ3) is 3.50. The van der Waals surface area contributed by atoms with E-state index in [1.54, 1.807) is 0 Å². The highest BCUT2D eigenvalue weighted by Gasteiger charge is 2.24. The predicted octanol–water partition coefficient (Wildman–Crippen LogP) is -0.993. The number of hydrogen-bond acceptors (Lipinski definition) is 5. The zero-order chi connectivity index (χ0) is 15.7. The van der Waals surface area contributed by atoms with Gasteiger partial charge in [-0.05, 0) is 19.3 Å². The number of rotatable bonds is 6. The summed E-state index contributed by atoms with van der Waals surface area (Å²) in [4.78, 5) is 30.0. The van der Waals surface area contributed by atoms with Gasteiger partial charge in [-0.3, -0.25) is 9.59 Å². The molecule has 0 saturated heterocycles. The summed E-state index contributed by atoms with van der Waals surface area (Å²) >= 11 is 1.44. The van der Waals surface area contributed by atoms with E-state index in [9.17, 15) is 9.59 Å². The molecule has 1 amide bonds. The molecule has 0 aromatic carbocycles. The fourth-order valence-electron chi connectivity index (χ4n) is 2.28. The summed E-state index contributed by atoms with van der Waals surface area (Å²) < 4.78 is 1.35. The molecule has 0 spiro atoms. The van der Waals surface area contributed by atoms with Crippen molar-refractivity contribution < 1.29 is 9.69 Å². The number of carbonyl (C=O) groups excluding carboxylic acids is 1. The molecule has 1 aliphatic rings. The van der Waals surface area contributed by atoms with E-state index in [1.807, 2.05) is 14.0 Å².